The van der Waals surface area contributed by atoms with E-state index in [1.54, 1.807) is 47.1 Å². The second-order valence-electron chi connectivity index (χ2n) is 10.9. The summed E-state index contributed by atoms with van der Waals surface area (Å²) in [5, 5.41) is 4.58. The molecule has 0 spiro atoms. The molecule has 9 nitrogen and oxygen atoms in total. The first-order valence-corrected chi connectivity index (χ1v) is 13.0. The molecule has 1 N–H and O–H groups in total. The van der Waals surface area contributed by atoms with Gasteiger partial charge in [-0.05, 0) is 76.6 Å². The molecule has 2 saturated carbocycles. The number of carbonyl (C=O) groups is 3. The highest BCUT2D eigenvalue weighted by Crippen LogP contribution is 2.46. The number of amides is 1. The monoisotopic (exact) mass is 524 g/mol. The van der Waals surface area contributed by atoms with E-state index in [4.69, 9.17) is 18.9 Å². The van der Waals surface area contributed by atoms with Gasteiger partial charge in [-0.2, -0.15) is 0 Å². The number of carbonyl (C=O) groups excluding carboxylic acids is 3. The minimum absolute atomic E-state index is 0.199. The number of rotatable bonds is 9. The third-order valence-corrected chi connectivity index (χ3v) is 7.06. The van der Waals surface area contributed by atoms with Crippen molar-refractivity contribution in [3.63, 3.8) is 0 Å². The van der Waals surface area contributed by atoms with Crippen LogP contribution < -0.4 is 14.8 Å². The Morgan fingerprint density at radius 1 is 1.18 bits per heavy atom. The van der Waals surface area contributed by atoms with Gasteiger partial charge in [0.2, 0.25) is 11.8 Å². The maximum Gasteiger partial charge on any atom is 0.332 e. The molecule has 1 unspecified atom stereocenters. The van der Waals surface area contributed by atoms with Gasteiger partial charge in [-0.3, -0.25) is 9.59 Å². The van der Waals surface area contributed by atoms with Crippen LogP contribution in [0.5, 0.6) is 11.6 Å². The molecule has 5 atom stereocenters. The van der Waals surface area contributed by atoms with Crippen molar-refractivity contribution in [2.75, 3.05) is 13.7 Å². The van der Waals surface area contributed by atoms with Gasteiger partial charge in [0.1, 0.15) is 23.0 Å². The average Bonchev–Trinajstić information content (AvgIpc) is 3.42. The molecule has 0 aliphatic heterocycles. The number of nitrogens with one attached hydrogen (secondary N) is 1. The zero-order valence-corrected chi connectivity index (χ0v) is 22.6. The minimum atomic E-state index is -1.15. The Morgan fingerprint density at radius 2 is 1.92 bits per heavy atom. The highest BCUT2D eigenvalue weighted by atomic mass is 16.6. The highest BCUT2D eigenvalue weighted by molar-refractivity contribution is 5.94. The molecule has 1 amide bonds. The summed E-state index contributed by atoms with van der Waals surface area (Å²) in [6.07, 6.45) is 3.78. The lowest BCUT2D eigenvalue weighted by Gasteiger charge is -2.25. The second-order valence-corrected chi connectivity index (χ2v) is 10.9. The lowest BCUT2D eigenvalue weighted by Crippen LogP contribution is -2.49. The summed E-state index contributed by atoms with van der Waals surface area (Å²) in [4.78, 5) is 43.9. The molecule has 2 fully saturated rings. The van der Waals surface area contributed by atoms with Gasteiger partial charge in [-0.15, -0.1) is 6.58 Å². The van der Waals surface area contributed by atoms with Crippen LogP contribution in [0, 0.1) is 17.8 Å². The third-order valence-electron chi connectivity index (χ3n) is 7.06. The smallest absolute Gasteiger partial charge is 0.332 e. The van der Waals surface area contributed by atoms with Crippen molar-refractivity contribution in [3.05, 3.63) is 43.1 Å². The van der Waals surface area contributed by atoms with Crippen LogP contribution in [0.3, 0.4) is 0 Å². The molecule has 0 saturated heterocycles. The Bertz CT molecular complexity index is 1240. The van der Waals surface area contributed by atoms with Crippen molar-refractivity contribution in [2.45, 2.75) is 64.2 Å². The first kappa shape index (κ1) is 27.4. The fourth-order valence-corrected chi connectivity index (χ4v) is 5.10. The quantitative estimate of drug-likeness (QED) is 0.387. The van der Waals surface area contributed by atoms with Crippen LogP contribution in [0.1, 0.15) is 47.0 Å². The Morgan fingerprint density at radius 3 is 2.55 bits per heavy atom. The van der Waals surface area contributed by atoms with Gasteiger partial charge in [-0.1, -0.05) is 6.08 Å². The van der Waals surface area contributed by atoms with Gasteiger partial charge in [0.15, 0.2) is 0 Å². The maximum absolute atomic E-state index is 13.6. The van der Waals surface area contributed by atoms with Gasteiger partial charge in [-0.25, -0.2) is 9.78 Å². The molecule has 2 aliphatic carbocycles. The summed E-state index contributed by atoms with van der Waals surface area (Å²) in [6.45, 7) is 11.0. The van der Waals surface area contributed by atoms with Crippen molar-refractivity contribution in [1.82, 2.24) is 10.3 Å². The van der Waals surface area contributed by atoms with Crippen LogP contribution in [-0.4, -0.2) is 53.8 Å². The summed E-state index contributed by atoms with van der Waals surface area (Å²) in [5.74, 6) is -1.96. The van der Waals surface area contributed by atoms with Crippen molar-refractivity contribution in [2.24, 2.45) is 17.8 Å². The number of hydrogen-bond acceptors (Lipinski definition) is 8. The number of esters is 2. The number of aromatic nitrogens is 1. The standard InChI is InChI=1S/C29H36N2O7/c1-7-18-16-29(18,27(34)36-8-2)31-24(32)22-14-20(15-23(22)26(33)38-28(3,4)5)37-25-21-10-9-19(35-6)13-17(21)11-12-30-25/h7,9-13,18,20,22-23H,1,8,14-16H2,2-6H3,(H,31,32)/t18-,20-,22-,23?,29-/m1/s1. The van der Waals surface area contributed by atoms with Gasteiger partial charge >= 0.3 is 11.9 Å². The Hall–Kier alpha value is -3.62. The third kappa shape index (κ3) is 5.61. The molecule has 204 valence electrons. The molecule has 38 heavy (non-hydrogen) atoms. The zero-order chi connectivity index (χ0) is 27.7. The van der Waals surface area contributed by atoms with Gasteiger partial charge in [0, 0.05) is 17.5 Å². The summed E-state index contributed by atoms with van der Waals surface area (Å²) >= 11 is 0. The Labute approximate surface area is 222 Å². The first-order chi connectivity index (χ1) is 18.0. The van der Waals surface area contributed by atoms with Crippen molar-refractivity contribution in [3.8, 4) is 11.6 Å². The second kappa shape index (κ2) is 10.6. The number of fused-ring (bicyclic) bond motifs is 1. The van der Waals surface area contributed by atoms with E-state index in [1.165, 1.54) is 0 Å². The number of nitrogens with zero attached hydrogens (tertiary/aromatic N) is 1. The van der Waals surface area contributed by atoms with Crippen LogP contribution >= 0.6 is 0 Å². The number of benzene rings is 1. The molecule has 1 aromatic carbocycles. The van der Waals surface area contributed by atoms with E-state index >= 15 is 0 Å². The summed E-state index contributed by atoms with van der Waals surface area (Å²) in [6, 6.07) is 7.44. The Balaban J connectivity index is 1.57. The molecule has 2 aliphatic rings. The molecule has 2 aromatic rings. The molecular formula is C29H36N2O7. The van der Waals surface area contributed by atoms with Crippen molar-refractivity contribution >= 4 is 28.6 Å². The van der Waals surface area contributed by atoms with E-state index in [9.17, 15) is 14.4 Å². The number of hydrogen-bond donors (Lipinski definition) is 1. The van der Waals surface area contributed by atoms with E-state index in [1.807, 2.05) is 24.3 Å². The summed E-state index contributed by atoms with van der Waals surface area (Å²) < 4.78 is 22.5. The number of pyridine rings is 1. The van der Waals surface area contributed by atoms with Crippen LogP contribution in [0.4, 0.5) is 0 Å². The van der Waals surface area contributed by atoms with Gasteiger partial charge in [0.25, 0.3) is 0 Å². The lowest BCUT2D eigenvalue weighted by molar-refractivity contribution is -0.163. The first-order valence-electron chi connectivity index (χ1n) is 13.0. The minimum Gasteiger partial charge on any atom is -0.497 e. The predicted molar refractivity (Wildman–Crippen MR) is 141 cm³/mol. The van der Waals surface area contributed by atoms with Crippen LogP contribution in [-0.2, 0) is 23.9 Å². The topological polar surface area (TPSA) is 113 Å². The van der Waals surface area contributed by atoms with Gasteiger partial charge < -0.3 is 24.3 Å². The molecule has 4 rings (SSSR count). The fourth-order valence-electron chi connectivity index (χ4n) is 5.10. The SMILES string of the molecule is C=C[C@@H]1C[C@]1(NC(=O)[C@@H]1C[C@@H](Oc2nccc3cc(OC)ccc23)CC1C(=O)OC(C)(C)C)C(=O)OCC. The van der Waals surface area contributed by atoms with Crippen molar-refractivity contribution in [1.29, 1.82) is 0 Å². The molecule has 0 bridgehead atoms. The molecular weight excluding hydrogens is 488 g/mol. The molecule has 1 heterocycles. The van der Waals surface area contributed by atoms with Crippen LogP contribution in [0.2, 0.25) is 0 Å². The summed E-state index contributed by atoms with van der Waals surface area (Å²) in [5.41, 5.74) is -1.87. The normalized spacial score (nSPS) is 26.3. The number of methoxy groups -OCH3 is 1. The Kier molecular flexibility index (Phi) is 7.67. The number of ether oxygens (including phenoxy) is 4. The van der Waals surface area contributed by atoms with Crippen LogP contribution in [0.25, 0.3) is 10.8 Å². The van der Waals surface area contributed by atoms with Crippen molar-refractivity contribution < 1.29 is 33.3 Å². The fraction of sp³-hybridized carbons (Fsp3) is 0.517. The average molecular weight is 525 g/mol. The zero-order valence-electron chi connectivity index (χ0n) is 22.6. The van der Waals surface area contributed by atoms with E-state index in [-0.39, 0.29) is 25.4 Å². The summed E-state index contributed by atoms with van der Waals surface area (Å²) in [7, 11) is 1.60. The van der Waals surface area contributed by atoms with Crippen LogP contribution in [0.15, 0.2) is 43.1 Å². The van der Waals surface area contributed by atoms with E-state index < -0.39 is 46.9 Å². The molecule has 1 aromatic heterocycles. The molecule has 9 heteroatoms. The largest absolute Gasteiger partial charge is 0.497 e. The predicted octanol–water partition coefficient (Wildman–Crippen LogP) is 3.98. The van der Waals surface area contributed by atoms with E-state index in [0.29, 0.717) is 18.1 Å². The van der Waals surface area contributed by atoms with Gasteiger partial charge in [0.05, 0.1) is 25.6 Å². The molecule has 0 radical (unpaired) electrons. The van der Waals surface area contributed by atoms with E-state index in [2.05, 4.69) is 16.9 Å². The highest BCUT2D eigenvalue weighted by Gasteiger charge is 2.62. The maximum atomic E-state index is 13.6. The lowest BCUT2D eigenvalue weighted by atomic mass is 9.94. The van der Waals surface area contributed by atoms with E-state index in [0.717, 1.165) is 10.8 Å².